The maximum absolute atomic E-state index is 12.4. The SMILES string of the molecule is Cc1cnc(CN2C(=O)C(C3CC3)NC(=O)C2C)o1. The van der Waals surface area contributed by atoms with Crippen molar-refractivity contribution in [2.45, 2.75) is 45.3 Å². The van der Waals surface area contributed by atoms with Crippen molar-refractivity contribution in [2.75, 3.05) is 0 Å². The van der Waals surface area contributed by atoms with Gasteiger partial charge in [0.25, 0.3) is 0 Å². The van der Waals surface area contributed by atoms with E-state index in [0.29, 0.717) is 17.6 Å². The predicted octanol–water partition coefficient (Wildman–Crippen LogP) is 0.609. The minimum absolute atomic E-state index is 0.0227. The summed E-state index contributed by atoms with van der Waals surface area (Å²) in [5, 5.41) is 2.82. The molecule has 0 bridgehead atoms. The molecule has 19 heavy (non-hydrogen) atoms. The molecule has 1 aliphatic carbocycles. The minimum atomic E-state index is -0.477. The minimum Gasteiger partial charge on any atom is -0.444 e. The Morgan fingerprint density at radius 2 is 2.21 bits per heavy atom. The number of carbonyl (C=O) groups excluding carboxylic acids is 2. The van der Waals surface area contributed by atoms with E-state index in [0.717, 1.165) is 12.8 Å². The number of hydrogen-bond donors (Lipinski definition) is 1. The number of rotatable bonds is 3. The number of nitrogens with zero attached hydrogens (tertiary/aromatic N) is 2. The lowest BCUT2D eigenvalue weighted by atomic mass is 10.0. The van der Waals surface area contributed by atoms with Crippen LogP contribution >= 0.6 is 0 Å². The highest BCUT2D eigenvalue weighted by atomic mass is 16.4. The standard InChI is InChI=1S/C13H17N3O3/c1-7-5-14-10(19-7)6-16-8(2)12(17)15-11(13(16)18)9-3-4-9/h5,8-9,11H,3-4,6H2,1-2H3,(H,15,17). The summed E-state index contributed by atoms with van der Waals surface area (Å²) >= 11 is 0. The lowest BCUT2D eigenvalue weighted by Crippen LogP contribution is -2.62. The highest BCUT2D eigenvalue weighted by Gasteiger charge is 2.45. The maximum Gasteiger partial charge on any atom is 0.246 e. The van der Waals surface area contributed by atoms with Gasteiger partial charge in [-0.3, -0.25) is 9.59 Å². The topological polar surface area (TPSA) is 75.4 Å². The second-order valence-corrected chi connectivity index (χ2v) is 5.33. The van der Waals surface area contributed by atoms with Crippen LogP contribution in [0.5, 0.6) is 0 Å². The van der Waals surface area contributed by atoms with Gasteiger partial charge in [-0.15, -0.1) is 0 Å². The third kappa shape index (κ3) is 2.22. The van der Waals surface area contributed by atoms with E-state index in [4.69, 9.17) is 4.42 Å². The van der Waals surface area contributed by atoms with Gasteiger partial charge in [0.05, 0.1) is 12.7 Å². The molecule has 2 unspecified atom stereocenters. The van der Waals surface area contributed by atoms with Gasteiger partial charge in [-0.05, 0) is 32.6 Å². The van der Waals surface area contributed by atoms with Crippen LogP contribution in [-0.4, -0.2) is 33.8 Å². The molecule has 0 radical (unpaired) electrons. The van der Waals surface area contributed by atoms with Gasteiger partial charge in [0, 0.05) is 0 Å². The van der Waals surface area contributed by atoms with E-state index < -0.39 is 6.04 Å². The molecular formula is C13H17N3O3. The number of amides is 2. The number of piperazine rings is 1. The first-order valence-electron chi connectivity index (χ1n) is 6.58. The Morgan fingerprint density at radius 3 is 2.79 bits per heavy atom. The molecule has 2 heterocycles. The molecule has 1 aromatic heterocycles. The third-order valence-electron chi connectivity index (χ3n) is 3.76. The average Bonchev–Trinajstić information content (AvgIpc) is 3.13. The summed E-state index contributed by atoms with van der Waals surface area (Å²) in [7, 11) is 0. The molecule has 3 rings (SSSR count). The van der Waals surface area contributed by atoms with Gasteiger partial charge in [0.2, 0.25) is 17.7 Å². The van der Waals surface area contributed by atoms with Gasteiger partial charge >= 0.3 is 0 Å². The maximum atomic E-state index is 12.4. The fourth-order valence-corrected chi connectivity index (χ4v) is 2.43. The number of oxazole rings is 1. The summed E-state index contributed by atoms with van der Waals surface area (Å²) in [4.78, 5) is 30.0. The van der Waals surface area contributed by atoms with Crippen LogP contribution in [0.2, 0.25) is 0 Å². The predicted molar refractivity (Wildman–Crippen MR) is 65.9 cm³/mol. The summed E-state index contributed by atoms with van der Waals surface area (Å²) in [5.41, 5.74) is 0. The molecule has 0 spiro atoms. The van der Waals surface area contributed by atoms with E-state index in [1.165, 1.54) is 0 Å². The number of carbonyl (C=O) groups is 2. The molecule has 2 aliphatic rings. The van der Waals surface area contributed by atoms with Crippen molar-refractivity contribution < 1.29 is 14.0 Å². The molecule has 6 nitrogen and oxygen atoms in total. The molecule has 2 atom stereocenters. The molecule has 1 aromatic rings. The van der Waals surface area contributed by atoms with Crippen LogP contribution in [0.3, 0.4) is 0 Å². The number of aryl methyl sites for hydroxylation is 1. The zero-order valence-corrected chi connectivity index (χ0v) is 11.0. The summed E-state index contributed by atoms with van der Waals surface area (Å²) in [6.07, 6.45) is 3.64. The highest BCUT2D eigenvalue weighted by Crippen LogP contribution is 2.35. The van der Waals surface area contributed by atoms with Gasteiger partial charge in [0.15, 0.2) is 0 Å². The Hall–Kier alpha value is -1.85. The van der Waals surface area contributed by atoms with Crippen LogP contribution < -0.4 is 5.32 Å². The molecule has 1 saturated carbocycles. The first kappa shape index (κ1) is 12.2. The van der Waals surface area contributed by atoms with Crippen molar-refractivity contribution in [2.24, 2.45) is 5.92 Å². The van der Waals surface area contributed by atoms with Crippen LogP contribution in [-0.2, 0) is 16.1 Å². The van der Waals surface area contributed by atoms with E-state index in [-0.39, 0.29) is 24.4 Å². The Labute approximate surface area is 111 Å². The molecule has 102 valence electrons. The monoisotopic (exact) mass is 263 g/mol. The Balaban J connectivity index is 1.80. The molecule has 1 aliphatic heterocycles. The van der Waals surface area contributed by atoms with Crippen LogP contribution in [0.4, 0.5) is 0 Å². The normalized spacial score (nSPS) is 27.6. The van der Waals surface area contributed by atoms with Crippen LogP contribution in [0.15, 0.2) is 10.6 Å². The van der Waals surface area contributed by atoms with Crippen molar-refractivity contribution in [3.63, 3.8) is 0 Å². The highest BCUT2D eigenvalue weighted by molar-refractivity contribution is 5.97. The van der Waals surface area contributed by atoms with E-state index in [2.05, 4.69) is 10.3 Å². The molecule has 2 fully saturated rings. The van der Waals surface area contributed by atoms with Crippen molar-refractivity contribution in [3.8, 4) is 0 Å². The Kier molecular flexibility index (Phi) is 2.80. The van der Waals surface area contributed by atoms with Gasteiger partial charge < -0.3 is 14.6 Å². The molecule has 1 saturated heterocycles. The fraction of sp³-hybridized carbons (Fsp3) is 0.615. The molecule has 0 aromatic carbocycles. The van der Waals surface area contributed by atoms with Gasteiger partial charge in [0.1, 0.15) is 17.8 Å². The Morgan fingerprint density at radius 1 is 1.47 bits per heavy atom. The van der Waals surface area contributed by atoms with Gasteiger partial charge in [-0.25, -0.2) is 4.98 Å². The van der Waals surface area contributed by atoms with Gasteiger partial charge in [-0.2, -0.15) is 0 Å². The smallest absolute Gasteiger partial charge is 0.246 e. The van der Waals surface area contributed by atoms with Crippen LogP contribution in [0, 0.1) is 12.8 Å². The molecular weight excluding hydrogens is 246 g/mol. The number of nitrogens with one attached hydrogen (secondary N) is 1. The zero-order chi connectivity index (χ0) is 13.6. The first-order chi connectivity index (χ1) is 9.06. The zero-order valence-electron chi connectivity index (χ0n) is 11.0. The second-order valence-electron chi connectivity index (χ2n) is 5.33. The summed E-state index contributed by atoms with van der Waals surface area (Å²) in [5.74, 6) is 1.36. The fourth-order valence-electron chi connectivity index (χ4n) is 2.43. The quantitative estimate of drug-likeness (QED) is 0.867. The lowest BCUT2D eigenvalue weighted by molar-refractivity contribution is -0.150. The summed E-state index contributed by atoms with van der Waals surface area (Å²) in [6.45, 7) is 3.79. The number of aromatic nitrogens is 1. The molecule has 1 N–H and O–H groups in total. The molecule has 6 heteroatoms. The molecule has 2 amide bonds. The number of hydrogen-bond acceptors (Lipinski definition) is 4. The van der Waals surface area contributed by atoms with Crippen molar-refractivity contribution in [1.82, 2.24) is 15.2 Å². The van der Waals surface area contributed by atoms with Gasteiger partial charge in [-0.1, -0.05) is 0 Å². The summed E-state index contributed by atoms with van der Waals surface area (Å²) in [6, 6.07) is -0.838. The van der Waals surface area contributed by atoms with Crippen LogP contribution in [0.1, 0.15) is 31.4 Å². The second kappa shape index (κ2) is 4.36. The van der Waals surface area contributed by atoms with E-state index in [1.54, 1.807) is 24.9 Å². The third-order valence-corrected chi connectivity index (χ3v) is 3.76. The van der Waals surface area contributed by atoms with E-state index in [9.17, 15) is 9.59 Å². The van der Waals surface area contributed by atoms with E-state index in [1.807, 2.05) is 0 Å². The Bertz CT molecular complexity index is 521. The van der Waals surface area contributed by atoms with E-state index >= 15 is 0 Å². The average molecular weight is 263 g/mol. The summed E-state index contributed by atoms with van der Waals surface area (Å²) < 4.78 is 5.39. The lowest BCUT2D eigenvalue weighted by Gasteiger charge is -2.36. The van der Waals surface area contributed by atoms with Crippen molar-refractivity contribution in [1.29, 1.82) is 0 Å². The van der Waals surface area contributed by atoms with Crippen LogP contribution in [0.25, 0.3) is 0 Å². The van der Waals surface area contributed by atoms with Crippen molar-refractivity contribution in [3.05, 3.63) is 17.8 Å². The van der Waals surface area contributed by atoms with Crippen molar-refractivity contribution >= 4 is 11.8 Å². The first-order valence-corrected chi connectivity index (χ1v) is 6.58. The largest absolute Gasteiger partial charge is 0.444 e.